The molecule has 0 bridgehead atoms. The molecular formula is C27H54O. The van der Waals surface area contributed by atoms with E-state index in [1.807, 2.05) is 0 Å². The Morgan fingerprint density at radius 1 is 0.464 bits per heavy atom. The molecule has 168 valence electrons. The van der Waals surface area contributed by atoms with Crippen molar-refractivity contribution >= 4 is 0 Å². The van der Waals surface area contributed by atoms with Crippen LogP contribution in [-0.4, -0.2) is 12.7 Å². The molecule has 0 aliphatic heterocycles. The number of rotatable bonds is 20. The molecule has 1 saturated carbocycles. The zero-order valence-corrected chi connectivity index (χ0v) is 19.7. The highest BCUT2D eigenvalue weighted by atomic mass is 16.5. The minimum Gasteiger partial charge on any atom is -0.378 e. The van der Waals surface area contributed by atoms with Crippen LogP contribution in [0, 0.1) is 0 Å². The molecule has 1 heteroatoms. The Labute approximate surface area is 178 Å². The molecule has 0 atom stereocenters. The van der Waals surface area contributed by atoms with E-state index in [0.29, 0.717) is 6.10 Å². The van der Waals surface area contributed by atoms with Gasteiger partial charge in [0.25, 0.3) is 0 Å². The predicted molar refractivity (Wildman–Crippen MR) is 126 cm³/mol. The van der Waals surface area contributed by atoms with Gasteiger partial charge in [0.2, 0.25) is 0 Å². The zero-order valence-electron chi connectivity index (χ0n) is 19.7. The molecule has 0 unspecified atom stereocenters. The summed E-state index contributed by atoms with van der Waals surface area (Å²) in [5.41, 5.74) is 0. The molecule has 1 nitrogen and oxygen atoms in total. The Balaban J connectivity index is 1.66. The summed E-state index contributed by atoms with van der Waals surface area (Å²) in [6, 6.07) is 0. The van der Waals surface area contributed by atoms with Gasteiger partial charge in [0, 0.05) is 6.61 Å². The molecule has 0 aromatic heterocycles. The largest absolute Gasteiger partial charge is 0.378 e. The van der Waals surface area contributed by atoms with E-state index in [4.69, 9.17) is 4.74 Å². The Morgan fingerprint density at radius 2 is 0.821 bits per heavy atom. The van der Waals surface area contributed by atoms with Crippen molar-refractivity contribution < 1.29 is 4.74 Å². The standard InChI is InChI=1S/C27H54O/c1-2-3-4-5-6-7-8-9-10-11-12-13-14-15-16-17-20-23-26-28-27-24-21-18-19-22-25-27/h27H,2-26H2,1H3. The summed E-state index contributed by atoms with van der Waals surface area (Å²) < 4.78 is 6.09. The van der Waals surface area contributed by atoms with E-state index in [0.717, 1.165) is 6.61 Å². The van der Waals surface area contributed by atoms with Gasteiger partial charge in [-0.1, -0.05) is 142 Å². The van der Waals surface area contributed by atoms with Crippen LogP contribution in [0.15, 0.2) is 0 Å². The third kappa shape index (κ3) is 18.0. The Hall–Kier alpha value is -0.0400. The molecule has 28 heavy (non-hydrogen) atoms. The fraction of sp³-hybridized carbons (Fsp3) is 1.00. The van der Waals surface area contributed by atoms with Crippen LogP contribution < -0.4 is 0 Å². The lowest BCUT2D eigenvalue weighted by Crippen LogP contribution is -2.12. The molecule has 0 spiro atoms. The SMILES string of the molecule is CCCCCCCCCCCCCCCCCCCCOC1CCCCCC1. The van der Waals surface area contributed by atoms with Crippen molar-refractivity contribution in [3.63, 3.8) is 0 Å². The average molecular weight is 395 g/mol. The highest BCUT2D eigenvalue weighted by Gasteiger charge is 2.11. The smallest absolute Gasteiger partial charge is 0.0575 e. The second-order valence-corrected chi connectivity index (χ2v) is 9.49. The Kier molecular flexibility index (Phi) is 20.1. The topological polar surface area (TPSA) is 9.23 Å². The van der Waals surface area contributed by atoms with E-state index in [2.05, 4.69) is 6.92 Å². The highest BCUT2D eigenvalue weighted by molar-refractivity contribution is 4.63. The first-order valence-corrected chi connectivity index (χ1v) is 13.5. The zero-order chi connectivity index (χ0) is 20.0. The predicted octanol–water partition coefficient (Wildman–Crippen LogP) is 9.77. The quantitative estimate of drug-likeness (QED) is 0.147. The maximum absolute atomic E-state index is 6.09. The third-order valence-corrected chi connectivity index (χ3v) is 6.65. The van der Waals surface area contributed by atoms with Gasteiger partial charge in [-0.25, -0.2) is 0 Å². The first kappa shape index (κ1) is 26.0. The van der Waals surface area contributed by atoms with Crippen molar-refractivity contribution in [1.29, 1.82) is 0 Å². The summed E-state index contributed by atoms with van der Waals surface area (Å²) in [6.07, 6.45) is 34.9. The van der Waals surface area contributed by atoms with Crippen molar-refractivity contribution in [1.82, 2.24) is 0 Å². The van der Waals surface area contributed by atoms with E-state index >= 15 is 0 Å². The lowest BCUT2D eigenvalue weighted by atomic mass is 10.0. The fourth-order valence-electron chi connectivity index (χ4n) is 4.66. The molecule has 0 saturated heterocycles. The van der Waals surface area contributed by atoms with Gasteiger partial charge >= 0.3 is 0 Å². The first-order valence-electron chi connectivity index (χ1n) is 13.5. The van der Waals surface area contributed by atoms with Gasteiger partial charge in [-0.15, -0.1) is 0 Å². The summed E-state index contributed by atoms with van der Waals surface area (Å²) >= 11 is 0. The maximum Gasteiger partial charge on any atom is 0.0575 e. The summed E-state index contributed by atoms with van der Waals surface area (Å²) in [4.78, 5) is 0. The molecule has 0 radical (unpaired) electrons. The highest BCUT2D eigenvalue weighted by Crippen LogP contribution is 2.20. The van der Waals surface area contributed by atoms with Crippen LogP contribution in [-0.2, 0) is 4.74 Å². The van der Waals surface area contributed by atoms with E-state index in [-0.39, 0.29) is 0 Å². The van der Waals surface area contributed by atoms with Crippen molar-refractivity contribution in [3.05, 3.63) is 0 Å². The molecule has 0 aromatic rings. The number of hydrogen-bond donors (Lipinski definition) is 0. The van der Waals surface area contributed by atoms with E-state index in [1.54, 1.807) is 0 Å². The average Bonchev–Trinajstić information content (AvgIpc) is 2.98. The van der Waals surface area contributed by atoms with Gasteiger partial charge in [0.15, 0.2) is 0 Å². The van der Waals surface area contributed by atoms with E-state index in [1.165, 1.54) is 154 Å². The number of unbranched alkanes of at least 4 members (excludes halogenated alkanes) is 17. The van der Waals surface area contributed by atoms with Crippen LogP contribution in [0.25, 0.3) is 0 Å². The molecule has 1 aliphatic carbocycles. The van der Waals surface area contributed by atoms with Gasteiger partial charge < -0.3 is 4.74 Å². The molecule has 0 aromatic carbocycles. The first-order chi connectivity index (χ1) is 13.9. The molecular weight excluding hydrogens is 340 g/mol. The van der Waals surface area contributed by atoms with E-state index in [9.17, 15) is 0 Å². The minimum absolute atomic E-state index is 0.591. The Bertz CT molecular complexity index is 280. The third-order valence-electron chi connectivity index (χ3n) is 6.65. The van der Waals surface area contributed by atoms with Gasteiger partial charge in [0.1, 0.15) is 0 Å². The maximum atomic E-state index is 6.09. The number of ether oxygens (including phenoxy) is 1. The normalized spacial score (nSPS) is 15.8. The monoisotopic (exact) mass is 394 g/mol. The van der Waals surface area contributed by atoms with E-state index < -0.39 is 0 Å². The van der Waals surface area contributed by atoms with Crippen molar-refractivity contribution in [2.45, 2.75) is 167 Å². The molecule has 0 amide bonds. The lowest BCUT2D eigenvalue weighted by Gasteiger charge is -2.15. The second-order valence-electron chi connectivity index (χ2n) is 9.49. The van der Waals surface area contributed by atoms with Crippen molar-refractivity contribution in [2.24, 2.45) is 0 Å². The fourth-order valence-corrected chi connectivity index (χ4v) is 4.66. The molecule has 0 N–H and O–H groups in total. The minimum atomic E-state index is 0.591. The number of hydrogen-bond acceptors (Lipinski definition) is 1. The van der Waals surface area contributed by atoms with Crippen LogP contribution in [0.5, 0.6) is 0 Å². The summed E-state index contributed by atoms with van der Waals surface area (Å²) in [7, 11) is 0. The molecule has 1 rings (SSSR count). The van der Waals surface area contributed by atoms with Crippen LogP contribution in [0.4, 0.5) is 0 Å². The summed E-state index contributed by atoms with van der Waals surface area (Å²) in [5.74, 6) is 0. The molecule has 1 aliphatic rings. The summed E-state index contributed by atoms with van der Waals surface area (Å²) in [6.45, 7) is 3.32. The van der Waals surface area contributed by atoms with Crippen LogP contribution in [0.2, 0.25) is 0 Å². The second kappa shape index (κ2) is 21.7. The van der Waals surface area contributed by atoms with Crippen LogP contribution >= 0.6 is 0 Å². The van der Waals surface area contributed by atoms with Crippen LogP contribution in [0.3, 0.4) is 0 Å². The van der Waals surface area contributed by atoms with Crippen LogP contribution in [0.1, 0.15) is 161 Å². The van der Waals surface area contributed by atoms with Crippen molar-refractivity contribution in [3.8, 4) is 0 Å². The van der Waals surface area contributed by atoms with Crippen molar-refractivity contribution in [2.75, 3.05) is 6.61 Å². The van der Waals surface area contributed by atoms with Gasteiger partial charge in [-0.05, 0) is 19.3 Å². The Morgan fingerprint density at radius 3 is 1.21 bits per heavy atom. The molecule has 0 heterocycles. The molecule has 1 fully saturated rings. The van der Waals surface area contributed by atoms with Gasteiger partial charge in [-0.2, -0.15) is 0 Å². The lowest BCUT2D eigenvalue weighted by molar-refractivity contribution is 0.0407. The summed E-state index contributed by atoms with van der Waals surface area (Å²) in [5, 5.41) is 0. The van der Waals surface area contributed by atoms with Gasteiger partial charge in [-0.3, -0.25) is 0 Å². The van der Waals surface area contributed by atoms with Gasteiger partial charge in [0.05, 0.1) is 6.10 Å².